The highest BCUT2D eigenvalue weighted by atomic mass is 32.2. The van der Waals surface area contributed by atoms with Crippen molar-refractivity contribution in [3.63, 3.8) is 0 Å². The highest BCUT2D eigenvalue weighted by Crippen LogP contribution is 2.70. The summed E-state index contributed by atoms with van der Waals surface area (Å²) in [5, 5.41) is 0. The fourth-order valence-corrected chi connectivity index (χ4v) is 8.13. The van der Waals surface area contributed by atoms with Crippen LogP contribution in [0.3, 0.4) is 0 Å². The second-order valence-electron chi connectivity index (χ2n) is 10.3. The highest BCUT2D eigenvalue weighted by Gasteiger charge is 2.63. The molecule has 1 heterocycles. The molecule has 1 spiro atoms. The van der Waals surface area contributed by atoms with Crippen molar-refractivity contribution in [1.29, 1.82) is 0 Å². The van der Waals surface area contributed by atoms with E-state index in [2.05, 4.69) is 12.1 Å². The Morgan fingerprint density at radius 3 is 2.19 bits per heavy atom. The normalized spacial score (nSPS) is 22.1. The Bertz CT molecular complexity index is 1490. The van der Waals surface area contributed by atoms with Crippen LogP contribution in [0.25, 0.3) is 11.1 Å². The van der Waals surface area contributed by atoms with Gasteiger partial charge in [-0.2, -0.15) is 0 Å². The zero-order chi connectivity index (χ0) is 25.1. The lowest BCUT2D eigenvalue weighted by Crippen LogP contribution is -2.50. The fourth-order valence-electron chi connectivity index (χ4n) is 6.59. The number of carbonyl (C=O) groups is 1. The zero-order valence-corrected chi connectivity index (χ0v) is 21.3. The van der Waals surface area contributed by atoms with Gasteiger partial charge in [-0.3, -0.25) is 9.10 Å². The molecule has 0 aromatic heterocycles. The molecule has 1 fully saturated rings. The van der Waals surface area contributed by atoms with Crippen LogP contribution >= 0.6 is 0 Å². The number of hydrogen-bond acceptors (Lipinski definition) is 4. The molecule has 6 heteroatoms. The molecule has 3 aromatic carbocycles. The molecule has 3 aliphatic rings. The number of allylic oxidation sites excluding steroid dienone is 1. The Hall–Kier alpha value is -3.38. The van der Waals surface area contributed by atoms with Gasteiger partial charge in [0.1, 0.15) is 5.41 Å². The van der Waals surface area contributed by atoms with Gasteiger partial charge < -0.3 is 4.74 Å². The average Bonchev–Trinajstić information content (AvgIpc) is 3.22. The van der Waals surface area contributed by atoms with Crippen molar-refractivity contribution < 1.29 is 17.9 Å². The first-order valence-corrected chi connectivity index (χ1v) is 13.8. The lowest BCUT2D eigenvalue weighted by Gasteiger charge is -2.44. The Labute approximate surface area is 212 Å². The number of methoxy groups -OCH3 is 1. The molecule has 1 saturated carbocycles. The van der Waals surface area contributed by atoms with E-state index in [1.807, 2.05) is 49.4 Å². The van der Waals surface area contributed by atoms with Gasteiger partial charge in [0, 0.05) is 5.56 Å². The van der Waals surface area contributed by atoms with Crippen LogP contribution in [-0.4, -0.2) is 28.0 Å². The van der Waals surface area contributed by atoms with Crippen molar-refractivity contribution in [3.05, 3.63) is 95.6 Å². The van der Waals surface area contributed by atoms with E-state index >= 15 is 0 Å². The Balaban J connectivity index is 1.65. The maximum atomic E-state index is 14.1. The number of fused-ring (bicyclic) bond motifs is 3. The summed E-state index contributed by atoms with van der Waals surface area (Å²) in [4.78, 5) is 14.0. The van der Waals surface area contributed by atoms with Crippen LogP contribution in [0.5, 0.6) is 0 Å². The predicted octanol–water partition coefficient (Wildman–Crippen LogP) is 5.85. The summed E-state index contributed by atoms with van der Waals surface area (Å²) in [6.45, 7) is 1.96. The molecule has 3 aromatic rings. The quantitative estimate of drug-likeness (QED) is 0.423. The zero-order valence-electron chi connectivity index (χ0n) is 20.5. The maximum absolute atomic E-state index is 14.1. The lowest BCUT2D eigenvalue weighted by atomic mass is 9.61. The molecule has 6 rings (SSSR count). The number of nitrogens with zero attached hydrogens (tertiary/aromatic N) is 1. The van der Waals surface area contributed by atoms with Crippen LogP contribution in [0.4, 0.5) is 5.69 Å². The van der Waals surface area contributed by atoms with Gasteiger partial charge in [0.05, 0.1) is 24.2 Å². The number of rotatable bonds is 4. The van der Waals surface area contributed by atoms with Crippen molar-refractivity contribution in [3.8, 4) is 0 Å². The van der Waals surface area contributed by atoms with Crippen LogP contribution in [0.2, 0.25) is 0 Å². The smallest absolute Gasteiger partial charge is 0.318 e. The molecular formula is C30H29NO4S. The largest absolute Gasteiger partial charge is 0.468 e. The third kappa shape index (κ3) is 3.13. The molecule has 1 unspecified atom stereocenters. The van der Waals surface area contributed by atoms with E-state index in [0.717, 1.165) is 41.5 Å². The number of hydrogen-bond donors (Lipinski definition) is 0. The first-order chi connectivity index (χ1) is 17.3. The molecule has 1 atom stereocenters. The SMILES string of the molecule is COC(=O)C12CN(S(=O)(=O)c3ccc(C)cc3)c3ccccc3C1=C(c1ccccc1)C1(CCC1)C2. The van der Waals surface area contributed by atoms with Gasteiger partial charge in [0.25, 0.3) is 10.0 Å². The number of aryl methyl sites for hydroxylation is 1. The first-order valence-electron chi connectivity index (χ1n) is 12.4. The highest BCUT2D eigenvalue weighted by molar-refractivity contribution is 7.92. The van der Waals surface area contributed by atoms with Gasteiger partial charge in [0.15, 0.2) is 0 Å². The minimum Gasteiger partial charge on any atom is -0.468 e. The Morgan fingerprint density at radius 1 is 0.889 bits per heavy atom. The monoisotopic (exact) mass is 499 g/mol. The van der Waals surface area contributed by atoms with Crippen molar-refractivity contribution in [2.75, 3.05) is 18.0 Å². The summed E-state index contributed by atoms with van der Waals surface area (Å²) >= 11 is 0. The van der Waals surface area contributed by atoms with Crippen molar-refractivity contribution in [1.82, 2.24) is 0 Å². The number of esters is 1. The van der Waals surface area contributed by atoms with Crippen LogP contribution in [0.15, 0.2) is 83.8 Å². The van der Waals surface area contributed by atoms with Gasteiger partial charge in [-0.05, 0) is 66.5 Å². The summed E-state index contributed by atoms with van der Waals surface area (Å²) in [5.74, 6) is -0.367. The average molecular weight is 500 g/mol. The molecule has 0 N–H and O–H groups in total. The Morgan fingerprint density at radius 2 is 1.56 bits per heavy atom. The van der Waals surface area contributed by atoms with E-state index < -0.39 is 15.4 Å². The van der Waals surface area contributed by atoms with Crippen molar-refractivity contribution >= 4 is 32.8 Å². The van der Waals surface area contributed by atoms with E-state index in [-0.39, 0.29) is 22.8 Å². The van der Waals surface area contributed by atoms with Crippen molar-refractivity contribution in [2.24, 2.45) is 10.8 Å². The number of para-hydroxylation sites is 1. The number of anilines is 1. The summed E-state index contributed by atoms with van der Waals surface area (Å²) in [6.07, 6.45) is 3.60. The molecule has 0 saturated heterocycles. The second-order valence-corrected chi connectivity index (χ2v) is 12.2. The topological polar surface area (TPSA) is 63.7 Å². The molecule has 0 amide bonds. The van der Waals surface area contributed by atoms with Gasteiger partial charge in [0.2, 0.25) is 0 Å². The first kappa shape index (κ1) is 23.0. The predicted molar refractivity (Wildman–Crippen MR) is 141 cm³/mol. The second kappa shape index (κ2) is 8.07. The third-order valence-corrected chi connectivity index (χ3v) is 10.1. The number of sulfonamides is 1. The summed E-state index contributed by atoms with van der Waals surface area (Å²) in [5.41, 5.74) is 4.37. The van der Waals surface area contributed by atoms with E-state index in [1.54, 1.807) is 24.3 Å². The number of benzene rings is 3. The van der Waals surface area contributed by atoms with Crippen LogP contribution < -0.4 is 4.31 Å². The molecule has 2 aliphatic carbocycles. The van der Waals surface area contributed by atoms with E-state index in [4.69, 9.17) is 4.74 Å². The summed E-state index contributed by atoms with van der Waals surface area (Å²) in [7, 11) is -2.51. The molecule has 1 aliphatic heterocycles. The molecule has 0 bridgehead atoms. The summed E-state index contributed by atoms with van der Waals surface area (Å²) in [6, 6.07) is 24.7. The van der Waals surface area contributed by atoms with E-state index in [0.29, 0.717) is 12.1 Å². The minimum atomic E-state index is -3.92. The lowest BCUT2D eigenvalue weighted by molar-refractivity contribution is -0.150. The Kier molecular flexibility index (Phi) is 5.16. The molecule has 0 radical (unpaired) electrons. The standard InChI is InChI=1S/C30H29NO4S/c1-21-13-15-23(16-14-21)36(33,34)31-20-30(28(32)35-2)19-29(17-8-18-29)26(22-9-4-3-5-10-22)27(30)24-11-6-7-12-25(24)31/h3-7,9-16H,8,17-20H2,1-2H3. The van der Waals surface area contributed by atoms with Gasteiger partial charge in [-0.25, -0.2) is 8.42 Å². The third-order valence-electron chi connectivity index (χ3n) is 8.31. The van der Waals surface area contributed by atoms with E-state index in [1.165, 1.54) is 17.0 Å². The fraction of sp³-hybridized carbons (Fsp3) is 0.300. The van der Waals surface area contributed by atoms with Crippen LogP contribution in [0, 0.1) is 17.8 Å². The van der Waals surface area contributed by atoms with Crippen LogP contribution in [-0.2, 0) is 19.6 Å². The van der Waals surface area contributed by atoms with Gasteiger partial charge in [-0.15, -0.1) is 0 Å². The van der Waals surface area contributed by atoms with E-state index in [9.17, 15) is 13.2 Å². The minimum absolute atomic E-state index is 0.0281. The maximum Gasteiger partial charge on any atom is 0.318 e. The molecular weight excluding hydrogens is 470 g/mol. The van der Waals surface area contributed by atoms with Crippen LogP contribution in [0.1, 0.15) is 42.4 Å². The molecule has 5 nitrogen and oxygen atoms in total. The number of carbonyl (C=O) groups excluding carboxylic acids is 1. The van der Waals surface area contributed by atoms with Gasteiger partial charge in [-0.1, -0.05) is 72.6 Å². The van der Waals surface area contributed by atoms with Gasteiger partial charge >= 0.3 is 5.97 Å². The number of ether oxygens (including phenoxy) is 1. The van der Waals surface area contributed by atoms with Crippen molar-refractivity contribution in [2.45, 2.75) is 37.5 Å². The molecule has 36 heavy (non-hydrogen) atoms. The summed E-state index contributed by atoms with van der Waals surface area (Å²) < 4.78 is 35.0. The molecule has 184 valence electrons.